The minimum absolute atomic E-state index is 0.135. The zero-order valence-electron chi connectivity index (χ0n) is 12.2. The molecule has 110 valence electrons. The molecule has 6 heteroatoms. The predicted molar refractivity (Wildman–Crippen MR) is 73.0 cm³/mol. The van der Waals surface area contributed by atoms with Crippen LogP contribution in [0.3, 0.4) is 0 Å². The summed E-state index contributed by atoms with van der Waals surface area (Å²) in [7, 11) is 1.33. The van der Waals surface area contributed by atoms with Gasteiger partial charge < -0.3 is 14.8 Å². The number of hydrogen-bond donors (Lipinski definition) is 1. The number of ether oxygens (including phenoxy) is 2. The van der Waals surface area contributed by atoms with E-state index in [9.17, 15) is 9.59 Å². The standard InChI is InChI=1S/C14H20N2O4/c1-14(2,3)20-13(18)16-9-10-5-6-11(15-8-10)7-12(17)19-4/h5-6,8H,7,9H2,1-4H3,(H,16,18). The Balaban J connectivity index is 2.46. The van der Waals surface area contributed by atoms with Crippen molar-refractivity contribution in [3.63, 3.8) is 0 Å². The normalized spacial score (nSPS) is 10.8. The number of rotatable bonds is 4. The topological polar surface area (TPSA) is 77.5 Å². The first-order chi connectivity index (χ1) is 9.30. The van der Waals surface area contributed by atoms with Gasteiger partial charge >= 0.3 is 12.1 Å². The fourth-order valence-electron chi connectivity index (χ4n) is 1.37. The molecule has 1 amide bonds. The maximum atomic E-state index is 11.5. The Morgan fingerprint density at radius 1 is 1.30 bits per heavy atom. The molecule has 0 bridgehead atoms. The van der Waals surface area contributed by atoms with Crippen molar-refractivity contribution in [2.24, 2.45) is 0 Å². The zero-order valence-corrected chi connectivity index (χ0v) is 12.2. The molecule has 0 aliphatic rings. The van der Waals surface area contributed by atoms with E-state index in [4.69, 9.17) is 4.74 Å². The molecule has 20 heavy (non-hydrogen) atoms. The first-order valence-electron chi connectivity index (χ1n) is 6.27. The van der Waals surface area contributed by atoms with Crippen LogP contribution in [0.25, 0.3) is 0 Å². The molecule has 1 aromatic heterocycles. The van der Waals surface area contributed by atoms with Crippen molar-refractivity contribution in [1.82, 2.24) is 10.3 Å². The lowest BCUT2D eigenvalue weighted by Gasteiger charge is -2.19. The molecule has 0 aliphatic carbocycles. The smallest absolute Gasteiger partial charge is 0.407 e. The fourth-order valence-corrected chi connectivity index (χ4v) is 1.37. The van der Waals surface area contributed by atoms with Gasteiger partial charge in [0.15, 0.2) is 0 Å². The summed E-state index contributed by atoms with van der Waals surface area (Å²) in [5, 5.41) is 2.63. The number of nitrogens with zero attached hydrogens (tertiary/aromatic N) is 1. The molecule has 1 N–H and O–H groups in total. The quantitative estimate of drug-likeness (QED) is 0.851. The zero-order chi connectivity index (χ0) is 15.2. The molecular weight excluding hydrogens is 260 g/mol. The largest absolute Gasteiger partial charge is 0.469 e. The number of pyridine rings is 1. The lowest BCUT2D eigenvalue weighted by molar-refractivity contribution is -0.139. The van der Waals surface area contributed by atoms with Gasteiger partial charge in [0.25, 0.3) is 0 Å². The Bertz CT molecular complexity index is 463. The molecule has 6 nitrogen and oxygen atoms in total. The third kappa shape index (κ3) is 6.17. The van der Waals surface area contributed by atoms with Gasteiger partial charge in [0, 0.05) is 12.7 Å². The van der Waals surface area contributed by atoms with E-state index in [0.29, 0.717) is 12.2 Å². The third-order valence-electron chi connectivity index (χ3n) is 2.27. The molecule has 0 radical (unpaired) electrons. The maximum Gasteiger partial charge on any atom is 0.407 e. The first kappa shape index (κ1) is 15.9. The van der Waals surface area contributed by atoms with Gasteiger partial charge in [-0.1, -0.05) is 6.07 Å². The van der Waals surface area contributed by atoms with E-state index in [2.05, 4.69) is 15.0 Å². The van der Waals surface area contributed by atoms with Crippen molar-refractivity contribution in [3.05, 3.63) is 29.6 Å². The van der Waals surface area contributed by atoms with Crippen LogP contribution in [0.1, 0.15) is 32.0 Å². The average Bonchev–Trinajstić information content (AvgIpc) is 2.36. The number of esters is 1. The summed E-state index contributed by atoms with van der Waals surface area (Å²) in [6, 6.07) is 3.52. The predicted octanol–water partition coefficient (Wildman–Crippen LogP) is 1.82. The summed E-state index contributed by atoms with van der Waals surface area (Å²) in [4.78, 5) is 26.7. The van der Waals surface area contributed by atoms with Crippen molar-refractivity contribution in [1.29, 1.82) is 0 Å². The van der Waals surface area contributed by atoms with E-state index in [1.807, 2.05) is 0 Å². The molecule has 1 heterocycles. The highest BCUT2D eigenvalue weighted by atomic mass is 16.6. The Morgan fingerprint density at radius 2 is 2.00 bits per heavy atom. The second kappa shape index (κ2) is 6.88. The number of hydrogen-bond acceptors (Lipinski definition) is 5. The summed E-state index contributed by atoms with van der Waals surface area (Å²) in [6.07, 6.45) is 1.27. The van der Waals surface area contributed by atoms with Crippen molar-refractivity contribution >= 4 is 12.1 Å². The Kier molecular flexibility index (Phi) is 5.49. The molecule has 0 fully saturated rings. The average molecular weight is 280 g/mol. The molecule has 0 atom stereocenters. The van der Waals surface area contributed by atoms with Crippen molar-refractivity contribution < 1.29 is 19.1 Å². The van der Waals surface area contributed by atoms with Gasteiger partial charge in [-0.15, -0.1) is 0 Å². The monoisotopic (exact) mass is 280 g/mol. The van der Waals surface area contributed by atoms with Crippen molar-refractivity contribution in [2.75, 3.05) is 7.11 Å². The van der Waals surface area contributed by atoms with Crippen LogP contribution in [0.4, 0.5) is 4.79 Å². The van der Waals surface area contributed by atoms with Crippen LogP contribution in [0.2, 0.25) is 0 Å². The minimum atomic E-state index is -0.521. The lowest BCUT2D eigenvalue weighted by atomic mass is 10.2. The van der Waals surface area contributed by atoms with Crippen LogP contribution >= 0.6 is 0 Å². The van der Waals surface area contributed by atoms with Gasteiger partial charge in [-0.05, 0) is 32.4 Å². The second-order valence-corrected chi connectivity index (χ2v) is 5.27. The summed E-state index contributed by atoms with van der Waals surface area (Å²) in [5.41, 5.74) is 0.925. The number of amides is 1. The molecule has 0 spiro atoms. The van der Waals surface area contributed by atoms with Gasteiger partial charge in [-0.2, -0.15) is 0 Å². The number of aromatic nitrogens is 1. The molecule has 1 rings (SSSR count). The fraction of sp³-hybridized carbons (Fsp3) is 0.500. The van der Waals surface area contributed by atoms with E-state index in [0.717, 1.165) is 5.56 Å². The Morgan fingerprint density at radius 3 is 2.50 bits per heavy atom. The SMILES string of the molecule is COC(=O)Cc1ccc(CNC(=O)OC(C)(C)C)cn1. The summed E-state index contributed by atoms with van der Waals surface area (Å²) >= 11 is 0. The molecule has 0 aliphatic heterocycles. The first-order valence-corrected chi connectivity index (χ1v) is 6.27. The second-order valence-electron chi connectivity index (χ2n) is 5.27. The van der Waals surface area contributed by atoms with Crippen LogP contribution in [-0.2, 0) is 27.2 Å². The van der Waals surface area contributed by atoms with Crippen LogP contribution in [-0.4, -0.2) is 29.8 Å². The van der Waals surface area contributed by atoms with Crippen molar-refractivity contribution in [2.45, 2.75) is 39.3 Å². The summed E-state index contributed by atoms with van der Waals surface area (Å²) in [6.45, 7) is 5.72. The number of alkyl carbamates (subject to hydrolysis) is 1. The summed E-state index contributed by atoms with van der Waals surface area (Å²) < 4.78 is 9.68. The molecule has 1 aromatic rings. The van der Waals surface area contributed by atoms with Crippen LogP contribution in [0.5, 0.6) is 0 Å². The Hall–Kier alpha value is -2.11. The van der Waals surface area contributed by atoms with E-state index in [1.54, 1.807) is 39.1 Å². The maximum absolute atomic E-state index is 11.5. The highest BCUT2D eigenvalue weighted by Crippen LogP contribution is 2.07. The van der Waals surface area contributed by atoms with E-state index < -0.39 is 11.7 Å². The van der Waals surface area contributed by atoms with Crippen LogP contribution < -0.4 is 5.32 Å². The molecule has 0 saturated carbocycles. The summed E-state index contributed by atoms with van der Waals surface area (Å²) in [5.74, 6) is -0.336. The van der Waals surface area contributed by atoms with Gasteiger partial charge in [-0.25, -0.2) is 4.79 Å². The number of carbonyl (C=O) groups excluding carboxylic acids is 2. The third-order valence-corrected chi connectivity index (χ3v) is 2.27. The Labute approximate surface area is 118 Å². The highest BCUT2D eigenvalue weighted by molar-refractivity contribution is 5.71. The molecule has 0 unspecified atom stereocenters. The van der Waals surface area contributed by atoms with E-state index in [1.165, 1.54) is 7.11 Å². The van der Waals surface area contributed by atoms with Gasteiger partial charge in [0.1, 0.15) is 5.60 Å². The molecular formula is C14H20N2O4. The number of nitrogens with one attached hydrogen (secondary N) is 1. The van der Waals surface area contributed by atoms with E-state index in [-0.39, 0.29) is 12.4 Å². The van der Waals surface area contributed by atoms with E-state index >= 15 is 0 Å². The lowest BCUT2D eigenvalue weighted by Crippen LogP contribution is -2.32. The van der Waals surface area contributed by atoms with Crippen LogP contribution in [0.15, 0.2) is 18.3 Å². The number of carbonyl (C=O) groups is 2. The van der Waals surface area contributed by atoms with Crippen molar-refractivity contribution in [3.8, 4) is 0 Å². The molecule has 0 aromatic carbocycles. The van der Waals surface area contributed by atoms with Gasteiger partial charge in [0.2, 0.25) is 0 Å². The van der Waals surface area contributed by atoms with Crippen LogP contribution in [0, 0.1) is 0 Å². The minimum Gasteiger partial charge on any atom is -0.469 e. The van der Waals surface area contributed by atoms with Gasteiger partial charge in [0.05, 0.1) is 19.2 Å². The highest BCUT2D eigenvalue weighted by Gasteiger charge is 2.15. The van der Waals surface area contributed by atoms with Gasteiger partial charge in [-0.3, -0.25) is 9.78 Å². The number of methoxy groups -OCH3 is 1. The molecule has 0 saturated heterocycles.